The van der Waals surface area contributed by atoms with Crippen LogP contribution in [-0.4, -0.2) is 11.6 Å². The molecule has 22 heavy (non-hydrogen) atoms. The molecule has 1 unspecified atom stereocenters. The molecule has 0 aliphatic heterocycles. The summed E-state index contributed by atoms with van der Waals surface area (Å²) in [6.07, 6.45) is 2.11. The number of carbonyl (C=O) groups excluding carboxylic acids is 2. The third kappa shape index (κ3) is 4.41. The first kappa shape index (κ1) is 15.7. The zero-order valence-electron chi connectivity index (χ0n) is 12.4. The first-order valence-electron chi connectivity index (χ1n) is 7.21. The standard InChI is InChI=1S/C20H18O2/c1-2-9-18(14-16-10-5-3-6-11-16)20(22)15-19(21)17-12-7-4-8-13-17/h3-13,18H,1,14-15H2. The van der Waals surface area contributed by atoms with Gasteiger partial charge in [0.25, 0.3) is 0 Å². The molecular formula is C20H18O2. The number of carbonyl (C=O) groups is 2. The second-order valence-electron chi connectivity index (χ2n) is 5.10. The van der Waals surface area contributed by atoms with Crippen LogP contribution < -0.4 is 0 Å². The maximum absolute atomic E-state index is 12.4. The van der Waals surface area contributed by atoms with Crippen LogP contribution in [0.3, 0.4) is 0 Å². The van der Waals surface area contributed by atoms with Gasteiger partial charge < -0.3 is 0 Å². The fraction of sp³-hybridized carbons (Fsp3) is 0.150. The molecule has 2 rings (SSSR count). The molecule has 0 spiro atoms. The van der Waals surface area contributed by atoms with Crippen LogP contribution in [0.2, 0.25) is 0 Å². The van der Waals surface area contributed by atoms with Gasteiger partial charge in [-0.3, -0.25) is 9.59 Å². The normalized spacial score (nSPS) is 11.3. The highest BCUT2D eigenvalue weighted by atomic mass is 16.1. The van der Waals surface area contributed by atoms with Crippen molar-refractivity contribution in [3.05, 3.63) is 90.2 Å². The molecule has 2 aromatic rings. The van der Waals surface area contributed by atoms with Crippen LogP contribution in [0.1, 0.15) is 22.3 Å². The SMILES string of the molecule is C=C=CC(Cc1ccccc1)C(=O)CC(=O)c1ccccc1. The molecule has 0 aromatic heterocycles. The predicted molar refractivity (Wildman–Crippen MR) is 87.7 cm³/mol. The lowest BCUT2D eigenvalue weighted by molar-refractivity contribution is -0.120. The minimum atomic E-state index is -0.368. The van der Waals surface area contributed by atoms with Gasteiger partial charge in [0, 0.05) is 11.5 Å². The highest BCUT2D eigenvalue weighted by Gasteiger charge is 2.20. The van der Waals surface area contributed by atoms with E-state index in [0.717, 1.165) is 5.56 Å². The maximum Gasteiger partial charge on any atom is 0.170 e. The van der Waals surface area contributed by atoms with Crippen LogP contribution in [0.4, 0.5) is 0 Å². The minimum Gasteiger partial charge on any atom is -0.299 e. The van der Waals surface area contributed by atoms with E-state index in [1.807, 2.05) is 36.4 Å². The molecule has 0 radical (unpaired) electrons. The Hall–Kier alpha value is -2.70. The van der Waals surface area contributed by atoms with Gasteiger partial charge in [-0.2, -0.15) is 0 Å². The predicted octanol–water partition coefficient (Wildman–Crippen LogP) is 4.03. The summed E-state index contributed by atoms with van der Waals surface area (Å²) in [6, 6.07) is 18.6. The summed E-state index contributed by atoms with van der Waals surface area (Å²) in [7, 11) is 0. The second-order valence-corrected chi connectivity index (χ2v) is 5.10. The zero-order valence-corrected chi connectivity index (χ0v) is 12.4. The van der Waals surface area contributed by atoms with Gasteiger partial charge in [0.05, 0.1) is 6.42 Å². The van der Waals surface area contributed by atoms with Crippen LogP contribution in [-0.2, 0) is 11.2 Å². The van der Waals surface area contributed by atoms with E-state index in [9.17, 15) is 9.59 Å². The van der Waals surface area contributed by atoms with Gasteiger partial charge in [0.1, 0.15) is 5.78 Å². The van der Waals surface area contributed by atoms with Gasteiger partial charge in [-0.05, 0) is 18.1 Å². The van der Waals surface area contributed by atoms with E-state index >= 15 is 0 Å². The summed E-state index contributed by atoms with van der Waals surface area (Å²) >= 11 is 0. The smallest absolute Gasteiger partial charge is 0.170 e. The molecule has 2 nitrogen and oxygen atoms in total. The van der Waals surface area contributed by atoms with Crippen molar-refractivity contribution in [2.75, 3.05) is 0 Å². The summed E-state index contributed by atoms with van der Waals surface area (Å²) in [5, 5.41) is 0. The zero-order chi connectivity index (χ0) is 15.8. The summed E-state index contributed by atoms with van der Waals surface area (Å²) < 4.78 is 0. The molecule has 1 atom stereocenters. The molecule has 0 aliphatic carbocycles. The first-order valence-corrected chi connectivity index (χ1v) is 7.21. The Bertz CT molecular complexity index is 680. The van der Waals surface area contributed by atoms with Gasteiger partial charge in [-0.1, -0.05) is 67.2 Å². The number of hydrogen-bond acceptors (Lipinski definition) is 2. The van der Waals surface area contributed by atoms with Crippen LogP contribution in [0.25, 0.3) is 0 Å². The maximum atomic E-state index is 12.4. The van der Waals surface area contributed by atoms with E-state index < -0.39 is 0 Å². The second kappa shape index (κ2) is 7.92. The monoisotopic (exact) mass is 290 g/mol. The highest BCUT2D eigenvalue weighted by molar-refractivity contribution is 6.08. The third-order valence-electron chi connectivity index (χ3n) is 3.46. The summed E-state index contributed by atoms with van der Waals surface area (Å²) in [5.41, 5.74) is 4.30. The molecule has 0 N–H and O–H groups in total. The molecule has 110 valence electrons. The van der Waals surface area contributed by atoms with Gasteiger partial charge in [0.15, 0.2) is 5.78 Å². The highest BCUT2D eigenvalue weighted by Crippen LogP contribution is 2.14. The van der Waals surface area contributed by atoms with E-state index in [1.54, 1.807) is 30.3 Å². The van der Waals surface area contributed by atoms with E-state index in [-0.39, 0.29) is 23.9 Å². The lowest BCUT2D eigenvalue weighted by atomic mass is 9.91. The number of hydrogen-bond donors (Lipinski definition) is 0. The van der Waals surface area contributed by atoms with Crippen LogP contribution in [0.15, 0.2) is 79.0 Å². The van der Waals surface area contributed by atoms with E-state index in [4.69, 9.17) is 0 Å². The number of ketones is 2. The molecule has 0 aliphatic rings. The van der Waals surface area contributed by atoms with Crippen molar-refractivity contribution in [3.63, 3.8) is 0 Å². The lowest BCUT2D eigenvalue weighted by Gasteiger charge is -2.11. The van der Waals surface area contributed by atoms with Gasteiger partial charge >= 0.3 is 0 Å². The first-order chi connectivity index (χ1) is 10.7. The molecular weight excluding hydrogens is 272 g/mol. The Morgan fingerprint density at radius 2 is 1.59 bits per heavy atom. The minimum absolute atomic E-state index is 0.0975. The Balaban J connectivity index is 2.07. The van der Waals surface area contributed by atoms with Crippen LogP contribution in [0.5, 0.6) is 0 Å². The topological polar surface area (TPSA) is 34.1 Å². The van der Waals surface area contributed by atoms with Gasteiger partial charge in [-0.25, -0.2) is 0 Å². The average molecular weight is 290 g/mol. The lowest BCUT2D eigenvalue weighted by Crippen LogP contribution is -2.18. The fourth-order valence-corrected chi connectivity index (χ4v) is 2.29. The summed E-state index contributed by atoms with van der Waals surface area (Å²) in [4.78, 5) is 24.5. The number of allylic oxidation sites excluding steroid dienone is 1. The quantitative estimate of drug-likeness (QED) is 0.438. The van der Waals surface area contributed by atoms with E-state index in [1.165, 1.54) is 0 Å². The molecule has 2 heteroatoms. The Kier molecular flexibility index (Phi) is 5.65. The number of benzene rings is 2. The summed E-state index contributed by atoms with van der Waals surface area (Å²) in [6.45, 7) is 3.54. The fourth-order valence-electron chi connectivity index (χ4n) is 2.29. The summed E-state index contributed by atoms with van der Waals surface area (Å²) in [5.74, 6) is -0.623. The van der Waals surface area contributed by atoms with E-state index in [2.05, 4.69) is 12.3 Å². The Morgan fingerprint density at radius 3 is 2.18 bits per heavy atom. The van der Waals surface area contributed by atoms with Gasteiger partial charge in [0.2, 0.25) is 0 Å². The van der Waals surface area contributed by atoms with Crippen molar-refractivity contribution in [2.45, 2.75) is 12.8 Å². The molecule has 0 bridgehead atoms. The van der Waals surface area contributed by atoms with Crippen LogP contribution in [0, 0.1) is 5.92 Å². The van der Waals surface area contributed by atoms with Crippen molar-refractivity contribution in [2.24, 2.45) is 5.92 Å². The number of Topliss-reactive ketones (excluding diaryl/α,β-unsaturated/α-hetero) is 2. The molecule has 0 saturated heterocycles. The van der Waals surface area contributed by atoms with Crippen LogP contribution >= 0.6 is 0 Å². The molecule has 0 amide bonds. The largest absolute Gasteiger partial charge is 0.299 e. The molecule has 0 saturated carbocycles. The average Bonchev–Trinajstić information content (AvgIpc) is 2.56. The number of rotatable bonds is 7. The van der Waals surface area contributed by atoms with Crippen molar-refractivity contribution < 1.29 is 9.59 Å². The van der Waals surface area contributed by atoms with Gasteiger partial charge in [-0.15, -0.1) is 5.73 Å². The molecule has 0 fully saturated rings. The Morgan fingerprint density at radius 1 is 1.00 bits per heavy atom. The van der Waals surface area contributed by atoms with Crippen molar-refractivity contribution in [3.8, 4) is 0 Å². The van der Waals surface area contributed by atoms with Crippen molar-refractivity contribution >= 4 is 11.6 Å². The van der Waals surface area contributed by atoms with E-state index in [0.29, 0.717) is 12.0 Å². The van der Waals surface area contributed by atoms with Crippen molar-refractivity contribution in [1.29, 1.82) is 0 Å². The molecule has 2 aromatic carbocycles. The van der Waals surface area contributed by atoms with Crippen molar-refractivity contribution in [1.82, 2.24) is 0 Å². The Labute approximate surface area is 130 Å². The third-order valence-corrected chi connectivity index (χ3v) is 3.46. The molecule has 0 heterocycles.